The largest absolute Gasteiger partial charge is 0.492 e. The lowest BCUT2D eigenvalue weighted by Gasteiger charge is -2.31. The zero-order valence-corrected chi connectivity index (χ0v) is 27.4. The minimum atomic E-state index is -0.0768. The van der Waals surface area contributed by atoms with Crippen LogP contribution in [-0.4, -0.2) is 25.3 Å². The summed E-state index contributed by atoms with van der Waals surface area (Å²) in [5.41, 5.74) is 4.20. The molecule has 2 aromatic rings. The number of ether oxygens (including phenoxy) is 1. The topological polar surface area (TPSA) is 41.9 Å². The monoisotopic (exact) mass is 592 g/mol. The molecule has 2 aromatic carbocycles. The Morgan fingerprint density at radius 1 is 0.952 bits per heavy atom. The van der Waals surface area contributed by atoms with E-state index in [4.69, 9.17) is 16.3 Å². The third kappa shape index (κ3) is 11.6. The van der Waals surface area contributed by atoms with Crippen molar-refractivity contribution in [3.8, 4) is 5.75 Å². The van der Waals surface area contributed by atoms with E-state index in [0.717, 1.165) is 36.2 Å². The van der Waals surface area contributed by atoms with Crippen LogP contribution in [-0.2, 0) is 17.8 Å². The van der Waals surface area contributed by atoms with Crippen LogP contribution in [0.2, 0.25) is 5.02 Å². The third-order valence-corrected chi connectivity index (χ3v) is 8.48. The Kier molecular flexibility index (Phi) is 14.7. The number of halogens is 1. The van der Waals surface area contributed by atoms with Gasteiger partial charge in [-0.25, -0.2) is 0 Å². The number of carbonyl (C=O) groups is 1. The third-order valence-electron chi connectivity index (χ3n) is 8.17. The van der Waals surface area contributed by atoms with Gasteiger partial charge in [0.1, 0.15) is 5.75 Å². The number of nitrogens with zero attached hydrogens (tertiary/aromatic N) is 2. The van der Waals surface area contributed by atoms with Gasteiger partial charge in [-0.15, -0.1) is 0 Å². The molecule has 230 valence electrons. The first-order valence-corrected chi connectivity index (χ1v) is 16.7. The molecular formula is C37H53ClN2O2. The number of anilines is 1. The van der Waals surface area contributed by atoms with Crippen LogP contribution in [0.15, 0.2) is 59.1 Å². The Labute approximate surface area is 260 Å². The predicted octanol–water partition coefficient (Wildman–Crippen LogP) is 10.6. The maximum Gasteiger partial charge on any atom is 0.224 e. The molecular weight excluding hydrogens is 540 g/mol. The molecule has 1 unspecified atom stereocenters. The number of amides is 1. The second kappa shape index (κ2) is 18.2. The fourth-order valence-corrected chi connectivity index (χ4v) is 6.10. The van der Waals surface area contributed by atoms with Gasteiger partial charge in [-0.05, 0) is 54.7 Å². The minimum absolute atomic E-state index is 0.00917. The van der Waals surface area contributed by atoms with Gasteiger partial charge in [0.2, 0.25) is 5.91 Å². The van der Waals surface area contributed by atoms with Crippen LogP contribution in [0, 0.1) is 5.41 Å². The molecule has 0 saturated carbocycles. The van der Waals surface area contributed by atoms with Crippen molar-refractivity contribution >= 4 is 29.4 Å². The van der Waals surface area contributed by atoms with E-state index in [1.807, 2.05) is 47.5 Å². The first-order chi connectivity index (χ1) is 20.3. The quantitative estimate of drug-likeness (QED) is 0.152. The van der Waals surface area contributed by atoms with Gasteiger partial charge in [-0.1, -0.05) is 126 Å². The van der Waals surface area contributed by atoms with Crippen molar-refractivity contribution < 1.29 is 9.53 Å². The highest BCUT2D eigenvalue weighted by Gasteiger charge is 2.27. The average Bonchev–Trinajstić information content (AvgIpc) is 2.95. The van der Waals surface area contributed by atoms with Crippen molar-refractivity contribution in [2.75, 3.05) is 18.1 Å². The van der Waals surface area contributed by atoms with Gasteiger partial charge in [0.05, 0.1) is 18.2 Å². The highest BCUT2D eigenvalue weighted by Crippen LogP contribution is 2.34. The summed E-state index contributed by atoms with van der Waals surface area (Å²) >= 11 is 6.50. The van der Waals surface area contributed by atoms with Gasteiger partial charge in [-0.2, -0.15) is 0 Å². The van der Waals surface area contributed by atoms with Crippen LogP contribution >= 0.6 is 11.6 Å². The number of benzene rings is 2. The van der Waals surface area contributed by atoms with Crippen LogP contribution in [0.5, 0.6) is 5.75 Å². The molecule has 0 bridgehead atoms. The van der Waals surface area contributed by atoms with Crippen LogP contribution in [0.4, 0.5) is 5.69 Å². The van der Waals surface area contributed by atoms with E-state index in [0.29, 0.717) is 23.9 Å². The summed E-state index contributed by atoms with van der Waals surface area (Å²) in [7, 11) is 0. The van der Waals surface area contributed by atoms with Crippen molar-refractivity contribution in [2.45, 2.75) is 118 Å². The molecule has 0 radical (unpaired) electrons. The smallest absolute Gasteiger partial charge is 0.224 e. The van der Waals surface area contributed by atoms with Crippen LogP contribution in [0.25, 0.3) is 0 Å². The SMILES string of the molecule is CCCCCCCCCCCCCCOc1cc(CN(C(C)=O)c2ccccc2CC2(C)C=C(C)C=NC2)ccc1Cl. The molecule has 0 saturated heterocycles. The van der Waals surface area contributed by atoms with Gasteiger partial charge < -0.3 is 9.64 Å². The van der Waals surface area contributed by atoms with Gasteiger partial charge in [0.25, 0.3) is 0 Å². The Morgan fingerprint density at radius 3 is 2.24 bits per heavy atom. The second-order valence-corrected chi connectivity index (χ2v) is 12.8. The molecule has 0 aliphatic carbocycles. The molecule has 0 aromatic heterocycles. The fraction of sp³-hybridized carbons (Fsp3) is 0.568. The molecule has 42 heavy (non-hydrogen) atoms. The van der Waals surface area contributed by atoms with Crippen molar-refractivity contribution in [1.82, 2.24) is 0 Å². The number of carbonyl (C=O) groups excluding carboxylic acids is 1. The first kappa shape index (κ1) is 33.9. The summed E-state index contributed by atoms with van der Waals surface area (Å²) in [4.78, 5) is 19.3. The lowest BCUT2D eigenvalue weighted by molar-refractivity contribution is -0.116. The van der Waals surface area contributed by atoms with Gasteiger partial charge >= 0.3 is 0 Å². The highest BCUT2D eigenvalue weighted by atomic mass is 35.5. The number of rotatable bonds is 19. The van der Waals surface area contributed by atoms with E-state index in [1.54, 1.807) is 6.92 Å². The number of unbranched alkanes of at least 4 members (excludes halogenated alkanes) is 11. The summed E-state index contributed by atoms with van der Waals surface area (Å²) in [5.74, 6) is 0.706. The van der Waals surface area contributed by atoms with E-state index in [1.165, 1.54) is 76.2 Å². The maximum absolute atomic E-state index is 12.9. The number of allylic oxidation sites excluding steroid dienone is 1. The summed E-state index contributed by atoms with van der Waals surface area (Å²) in [6.45, 7) is 10.1. The van der Waals surface area contributed by atoms with Crippen molar-refractivity contribution in [1.29, 1.82) is 0 Å². The van der Waals surface area contributed by atoms with E-state index in [2.05, 4.69) is 37.9 Å². The zero-order valence-electron chi connectivity index (χ0n) is 26.6. The van der Waals surface area contributed by atoms with Crippen molar-refractivity contribution in [3.63, 3.8) is 0 Å². The average molecular weight is 593 g/mol. The first-order valence-electron chi connectivity index (χ1n) is 16.3. The maximum atomic E-state index is 12.9. The normalized spacial score (nSPS) is 16.4. The summed E-state index contributed by atoms with van der Waals surface area (Å²) in [5, 5.41) is 0.611. The molecule has 1 heterocycles. The molecule has 0 N–H and O–H groups in total. The molecule has 0 fully saturated rings. The number of para-hydroxylation sites is 1. The van der Waals surface area contributed by atoms with Gasteiger partial charge in [0.15, 0.2) is 0 Å². The Bertz CT molecular complexity index is 1170. The Hall–Kier alpha value is -2.59. The summed E-state index contributed by atoms with van der Waals surface area (Å²) < 4.78 is 6.11. The number of aliphatic imine (C=N–C) groups is 1. The lowest BCUT2D eigenvalue weighted by atomic mass is 9.80. The Morgan fingerprint density at radius 2 is 1.60 bits per heavy atom. The number of hydrogen-bond donors (Lipinski definition) is 0. The van der Waals surface area contributed by atoms with Crippen LogP contribution < -0.4 is 9.64 Å². The summed E-state index contributed by atoms with van der Waals surface area (Å²) in [6.07, 6.45) is 20.9. The molecule has 1 atom stereocenters. The van der Waals surface area contributed by atoms with Crippen molar-refractivity contribution in [2.24, 2.45) is 10.4 Å². The van der Waals surface area contributed by atoms with Gasteiger partial charge in [-0.3, -0.25) is 9.79 Å². The summed E-state index contributed by atoms with van der Waals surface area (Å²) in [6, 6.07) is 14.1. The standard InChI is InChI=1S/C37H53ClN2O2/c1-5-6-7-8-9-10-11-12-13-14-15-18-23-42-36-24-32(21-22-34(36)38)28-40(31(3)41)35-20-17-16-19-33(35)26-37(4)25-30(2)27-39-29-37/h16-17,19-22,24-25,27H,5-15,18,23,26,28-29H2,1-4H3. The lowest BCUT2D eigenvalue weighted by Crippen LogP contribution is -2.30. The number of dihydropyridines is 1. The minimum Gasteiger partial charge on any atom is -0.492 e. The zero-order chi connectivity index (χ0) is 30.2. The Balaban J connectivity index is 1.50. The van der Waals surface area contributed by atoms with E-state index < -0.39 is 0 Å². The van der Waals surface area contributed by atoms with Crippen molar-refractivity contribution in [3.05, 3.63) is 70.3 Å². The molecule has 1 aliphatic rings. The van der Waals surface area contributed by atoms with Crippen LogP contribution in [0.3, 0.4) is 0 Å². The molecule has 3 rings (SSSR count). The molecule has 4 nitrogen and oxygen atoms in total. The highest BCUT2D eigenvalue weighted by molar-refractivity contribution is 6.32. The molecule has 0 spiro atoms. The van der Waals surface area contributed by atoms with Gasteiger partial charge in [0, 0.05) is 30.8 Å². The van der Waals surface area contributed by atoms with E-state index in [9.17, 15) is 4.79 Å². The van der Waals surface area contributed by atoms with E-state index >= 15 is 0 Å². The second-order valence-electron chi connectivity index (χ2n) is 12.4. The fourth-order valence-electron chi connectivity index (χ4n) is 5.93. The molecule has 1 amide bonds. The molecule has 1 aliphatic heterocycles. The molecule has 5 heteroatoms. The van der Waals surface area contributed by atoms with Crippen LogP contribution in [0.1, 0.15) is 116 Å². The predicted molar refractivity (Wildman–Crippen MR) is 180 cm³/mol. The van der Waals surface area contributed by atoms with E-state index in [-0.39, 0.29) is 11.3 Å². The number of hydrogen-bond acceptors (Lipinski definition) is 3.